The molecule has 0 aromatic heterocycles. The molecular formula is C14H19BrN2S. The zero-order valence-corrected chi connectivity index (χ0v) is 13.0. The minimum absolute atomic E-state index is 0.544. The van der Waals surface area contributed by atoms with Crippen molar-refractivity contribution in [3.63, 3.8) is 0 Å². The molecule has 0 amide bonds. The molecule has 18 heavy (non-hydrogen) atoms. The molecule has 0 aliphatic heterocycles. The van der Waals surface area contributed by atoms with Gasteiger partial charge in [0, 0.05) is 10.5 Å². The van der Waals surface area contributed by atoms with E-state index in [2.05, 4.69) is 45.6 Å². The van der Waals surface area contributed by atoms with Crippen molar-refractivity contribution in [3.8, 4) is 0 Å². The van der Waals surface area contributed by atoms with Gasteiger partial charge in [0.25, 0.3) is 0 Å². The van der Waals surface area contributed by atoms with Gasteiger partial charge in [0.15, 0.2) is 5.11 Å². The van der Waals surface area contributed by atoms with Crippen LogP contribution in [-0.2, 0) is 0 Å². The summed E-state index contributed by atoms with van der Waals surface area (Å²) in [5, 5.41) is 7.40. The van der Waals surface area contributed by atoms with Crippen molar-refractivity contribution in [2.24, 2.45) is 0 Å². The van der Waals surface area contributed by atoms with Crippen molar-refractivity contribution in [3.05, 3.63) is 28.2 Å². The van der Waals surface area contributed by atoms with Gasteiger partial charge in [0.1, 0.15) is 0 Å². The number of aryl methyl sites for hydroxylation is 1. The molecule has 1 fully saturated rings. The molecule has 0 heterocycles. The molecular weight excluding hydrogens is 308 g/mol. The third-order valence-electron chi connectivity index (χ3n) is 3.31. The molecule has 1 saturated carbocycles. The van der Waals surface area contributed by atoms with E-state index in [1.807, 2.05) is 6.07 Å². The quantitative estimate of drug-likeness (QED) is 0.789. The second-order valence-electron chi connectivity index (χ2n) is 4.92. The average Bonchev–Trinajstić information content (AvgIpc) is 2.34. The maximum Gasteiger partial charge on any atom is 0.171 e. The molecule has 98 valence electrons. The lowest BCUT2D eigenvalue weighted by atomic mass is 9.96. The van der Waals surface area contributed by atoms with Crippen molar-refractivity contribution in [1.82, 2.24) is 5.32 Å². The van der Waals surface area contributed by atoms with Crippen LogP contribution in [0.25, 0.3) is 0 Å². The Bertz CT molecular complexity index is 428. The summed E-state index contributed by atoms with van der Waals surface area (Å²) in [6, 6.07) is 6.76. The Labute approximate surface area is 123 Å². The standard InChI is InChI=1S/C14H19BrN2S/c1-10-7-8-13(12(15)9-10)17-14(18)16-11-5-3-2-4-6-11/h7-9,11H,2-6H2,1H3,(H2,16,17,18). The Morgan fingerprint density at radius 3 is 2.67 bits per heavy atom. The Kier molecular flexibility index (Phi) is 5.01. The predicted molar refractivity (Wildman–Crippen MR) is 85.1 cm³/mol. The minimum Gasteiger partial charge on any atom is -0.360 e. The second-order valence-corrected chi connectivity index (χ2v) is 6.18. The number of anilines is 1. The maximum atomic E-state index is 5.37. The summed E-state index contributed by atoms with van der Waals surface area (Å²) in [6.07, 6.45) is 6.46. The molecule has 1 aliphatic rings. The van der Waals surface area contributed by atoms with Crippen LogP contribution in [0.1, 0.15) is 37.7 Å². The first-order chi connectivity index (χ1) is 8.65. The van der Waals surface area contributed by atoms with Crippen LogP contribution in [0, 0.1) is 6.92 Å². The van der Waals surface area contributed by atoms with Gasteiger partial charge in [-0.25, -0.2) is 0 Å². The number of hydrogen-bond acceptors (Lipinski definition) is 1. The molecule has 0 saturated heterocycles. The molecule has 4 heteroatoms. The molecule has 0 radical (unpaired) electrons. The van der Waals surface area contributed by atoms with Crippen LogP contribution < -0.4 is 10.6 Å². The van der Waals surface area contributed by atoms with Gasteiger partial charge in [0.05, 0.1) is 5.69 Å². The van der Waals surface area contributed by atoms with E-state index in [0.29, 0.717) is 6.04 Å². The van der Waals surface area contributed by atoms with Gasteiger partial charge in [-0.15, -0.1) is 0 Å². The molecule has 2 N–H and O–H groups in total. The number of nitrogens with one attached hydrogen (secondary N) is 2. The highest BCUT2D eigenvalue weighted by atomic mass is 79.9. The SMILES string of the molecule is Cc1ccc(NC(=S)NC2CCCCC2)c(Br)c1. The fraction of sp³-hybridized carbons (Fsp3) is 0.500. The van der Waals surface area contributed by atoms with E-state index in [1.54, 1.807) is 0 Å². The molecule has 0 bridgehead atoms. The molecule has 0 atom stereocenters. The smallest absolute Gasteiger partial charge is 0.171 e. The van der Waals surface area contributed by atoms with E-state index in [0.717, 1.165) is 15.3 Å². The fourth-order valence-corrected chi connectivity index (χ4v) is 3.18. The Morgan fingerprint density at radius 2 is 2.00 bits per heavy atom. The van der Waals surface area contributed by atoms with Gasteiger partial charge in [0.2, 0.25) is 0 Å². The van der Waals surface area contributed by atoms with E-state index in [-0.39, 0.29) is 0 Å². The molecule has 1 aromatic rings. The number of hydrogen-bond donors (Lipinski definition) is 2. The van der Waals surface area contributed by atoms with E-state index < -0.39 is 0 Å². The van der Waals surface area contributed by atoms with Gasteiger partial charge < -0.3 is 10.6 Å². The van der Waals surface area contributed by atoms with Gasteiger partial charge in [-0.1, -0.05) is 25.3 Å². The number of benzene rings is 1. The van der Waals surface area contributed by atoms with Gasteiger partial charge >= 0.3 is 0 Å². The molecule has 2 nitrogen and oxygen atoms in total. The predicted octanol–water partition coefficient (Wildman–Crippen LogP) is 4.38. The third kappa shape index (κ3) is 3.95. The molecule has 0 unspecified atom stereocenters. The summed E-state index contributed by atoms with van der Waals surface area (Å²) < 4.78 is 1.05. The monoisotopic (exact) mass is 326 g/mol. The van der Waals surface area contributed by atoms with Crippen LogP contribution in [-0.4, -0.2) is 11.2 Å². The Balaban J connectivity index is 1.90. The van der Waals surface area contributed by atoms with Crippen molar-refractivity contribution in [1.29, 1.82) is 0 Å². The van der Waals surface area contributed by atoms with Crippen LogP contribution in [0.3, 0.4) is 0 Å². The zero-order valence-electron chi connectivity index (χ0n) is 10.6. The number of thiocarbonyl (C=S) groups is 1. The van der Waals surface area contributed by atoms with E-state index >= 15 is 0 Å². The largest absolute Gasteiger partial charge is 0.360 e. The normalized spacial score (nSPS) is 16.3. The highest BCUT2D eigenvalue weighted by Crippen LogP contribution is 2.23. The lowest BCUT2D eigenvalue weighted by Crippen LogP contribution is -2.38. The van der Waals surface area contributed by atoms with Crippen LogP contribution in [0.2, 0.25) is 0 Å². The summed E-state index contributed by atoms with van der Waals surface area (Å²) in [6.45, 7) is 2.08. The first-order valence-electron chi connectivity index (χ1n) is 6.49. The Hall–Kier alpha value is -0.610. The Morgan fingerprint density at radius 1 is 1.28 bits per heavy atom. The summed E-state index contributed by atoms with van der Waals surface area (Å²) in [5.41, 5.74) is 2.26. The number of rotatable bonds is 2. The van der Waals surface area contributed by atoms with Crippen molar-refractivity contribution >= 4 is 38.9 Å². The van der Waals surface area contributed by atoms with Crippen LogP contribution >= 0.6 is 28.1 Å². The zero-order chi connectivity index (χ0) is 13.0. The number of halogens is 1. The van der Waals surface area contributed by atoms with E-state index in [4.69, 9.17) is 12.2 Å². The average molecular weight is 327 g/mol. The van der Waals surface area contributed by atoms with Crippen molar-refractivity contribution in [2.75, 3.05) is 5.32 Å². The van der Waals surface area contributed by atoms with Crippen LogP contribution in [0.15, 0.2) is 22.7 Å². The van der Waals surface area contributed by atoms with Gasteiger partial charge in [-0.3, -0.25) is 0 Å². The molecule has 0 spiro atoms. The fourth-order valence-electron chi connectivity index (χ4n) is 2.31. The molecule has 1 aliphatic carbocycles. The summed E-state index contributed by atoms with van der Waals surface area (Å²) in [4.78, 5) is 0. The second kappa shape index (κ2) is 6.53. The highest BCUT2D eigenvalue weighted by Gasteiger charge is 2.14. The van der Waals surface area contributed by atoms with Crippen molar-refractivity contribution < 1.29 is 0 Å². The van der Waals surface area contributed by atoms with Crippen molar-refractivity contribution in [2.45, 2.75) is 45.1 Å². The topological polar surface area (TPSA) is 24.1 Å². The minimum atomic E-state index is 0.544. The third-order valence-corrected chi connectivity index (χ3v) is 4.19. The maximum absolute atomic E-state index is 5.37. The van der Waals surface area contributed by atoms with Crippen LogP contribution in [0.5, 0.6) is 0 Å². The van der Waals surface area contributed by atoms with E-state index in [1.165, 1.54) is 37.7 Å². The summed E-state index contributed by atoms with van der Waals surface area (Å²) >= 11 is 8.92. The molecule has 1 aromatic carbocycles. The van der Waals surface area contributed by atoms with Crippen LogP contribution in [0.4, 0.5) is 5.69 Å². The highest BCUT2D eigenvalue weighted by molar-refractivity contribution is 9.10. The first-order valence-corrected chi connectivity index (χ1v) is 7.69. The van der Waals surface area contributed by atoms with Gasteiger partial charge in [-0.2, -0.15) is 0 Å². The summed E-state index contributed by atoms with van der Waals surface area (Å²) in [7, 11) is 0. The summed E-state index contributed by atoms with van der Waals surface area (Å²) in [5.74, 6) is 0. The first kappa shape index (κ1) is 13.8. The van der Waals surface area contributed by atoms with E-state index in [9.17, 15) is 0 Å². The molecule has 2 rings (SSSR count). The van der Waals surface area contributed by atoms with Gasteiger partial charge in [-0.05, 0) is 65.6 Å². The lowest BCUT2D eigenvalue weighted by molar-refractivity contribution is 0.415. The lowest BCUT2D eigenvalue weighted by Gasteiger charge is -2.24.